The largest absolute Gasteiger partial charge is 0.265 e. The van der Waals surface area contributed by atoms with Crippen LogP contribution in [-0.4, -0.2) is 8.42 Å². The number of benzene rings is 2. The Hall–Kier alpha value is -1.88. The summed E-state index contributed by atoms with van der Waals surface area (Å²) in [6.45, 7) is 8.36. The van der Waals surface area contributed by atoms with Crippen LogP contribution in [0.4, 0.5) is 10.1 Å². The maximum Gasteiger partial charge on any atom is 0.265 e. The van der Waals surface area contributed by atoms with E-state index < -0.39 is 15.8 Å². The van der Waals surface area contributed by atoms with Gasteiger partial charge in [0, 0.05) is 5.56 Å². The van der Waals surface area contributed by atoms with Crippen LogP contribution in [-0.2, 0) is 16.6 Å². The Morgan fingerprint density at radius 3 is 2.08 bits per heavy atom. The topological polar surface area (TPSA) is 37.4 Å². The van der Waals surface area contributed by atoms with E-state index in [1.165, 1.54) is 22.5 Å². The van der Waals surface area contributed by atoms with Crippen LogP contribution in [0.15, 0.2) is 41.3 Å². The molecule has 5 heteroatoms. The molecule has 0 saturated carbocycles. The molecule has 1 aliphatic heterocycles. The molecule has 24 heavy (non-hydrogen) atoms. The van der Waals surface area contributed by atoms with Gasteiger partial charge in [-0.1, -0.05) is 39.8 Å². The molecule has 2 aromatic rings. The molecule has 0 unspecified atom stereocenters. The molecule has 3 nitrogen and oxygen atoms in total. The van der Waals surface area contributed by atoms with Gasteiger partial charge in [0.05, 0.1) is 17.1 Å². The second kappa shape index (κ2) is 5.88. The summed E-state index contributed by atoms with van der Waals surface area (Å²) in [4.78, 5) is 0.0727. The lowest BCUT2D eigenvalue weighted by atomic mass is 9.95. The first kappa shape index (κ1) is 17.0. The average molecular weight is 347 g/mol. The maximum absolute atomic E-state index is 14.0. The molecule has 0 fully saturated rings. The van der Waals surface area contributed by atoms with Gasteiger partial charge in [0.1, 0.15) is 5.82 Å². The molecule has 0 N–H and O–H groups in total. The number of sulfonamides is 1. The van der Waals surface area contributed by atoms with Crippen molar-refractivity contribution in [2.45, 2.75) is 51.0 Å². The third kappa shape index (κ3) is 2.71. The first-order valence-electron chi connectivity index (χ1n) is 8.17. The van der Waals surface area contributed by atoms with Crippen molar-refractivity contribution in [1.82, 2.24) is 0 Å². The standard InChI is InChI=1S/C19H22FNO2S/c1-12(2)14-8-15(13(3)4)10-16(9-14)21-11-17-18(20)6-5-7-19(17)24(21,22)23/h5-10,12-13H,11H2,1-4H3. The smallest absolute Gasteiger partial charge is 0.262 e. The minimum atomic E-state index is -3.71. The van der Waals surface area contributed by atoms with Crippen LogP contribution in [0.25, 0.3) is 0 Å². The zero-order valence-electron chi connectivity index (χ0n) is 14.4. The summed E-state index contributed by atoms with van der Waals surface area (Å²) in [5.74, 6) is 0.0985. The minimum absolute atomic E-state index is 0.0451. The molecular formula is C19H22FNO2S. The molecule has 0 aliphatic carbocycles. The Kier molecular flexibility index (Phi) is 4.16. The van der Waals surface area contributed by atoms with Crippen molar-refractivity contribution in [1.29, 1.82) is 0 Å². The Morgan fingerprint density at radius 2 is 1.58 bits per heavy atom. The number of nitrogens with zero attached hydrogens (tertiary/aromatic N) is 1. The number of rotatable bonds is 3. The molecule has 1 aliphatic rings. The number of hydrogen-bond acceptors (Lipinski definition) is 2. The summed E-state index contributed by atoms with van der Waals surface area (Å²) < 4.78 is 41.1. The van der Waals surface area contributed by atoms with E-state index in [1.807, 2.05) is 12.1 Å². The normalized spacial score (nSPS) is 16.0. The zero-order valence-corrected chi connectivity index (χ0v) is 15.2. The van der Waals surface area contributed by atoms with Crippen LogP contribution in [0.5, 0.6) is 0 Å². The van der Waals surface area contributed by atoms with E-state index in [1.54, 1.807) is 0 Å². The molecular weight excluding hydrogens is 325 g/mol. The van der Waals surface area contributed by atoms with E-state index in [4.69, 9.17) is 0 Å². The Morgan fingerprint density at radius 1 is 1.00 bits per heavy atom. The Balaban J connectivity index is 2.15. The summed E-state index contributed by atoms with van der Waals surface area (Å²) in [6.07, 6.45) is 0. The lowest BCUT2D eigenvalue weighted by Gasteiger charge is -2.21. The van der Waals surface area contributed by atoms with Gasteiger partial charge in [-0.25, -0.2) is 12.8 Å². The summed E-state index contributed by atoms with van der Waals surface area (Å²) in [5, 5.41) is 0. The van der Waals surface area contributed by atoms with Crippen LogP contribution in [0, 0.1) is 5.82 Å². The molecule has 0 bridgehead atoms. The molecule has 0 aromatic heterocycles. The van der Waals surface area contributed by atoms with Crippen LogP contribution in [0.2, 0.25) is 0 Å². The van der Waals surface area contributed by atoms with Gasteiger partial charge in [-0.2, -0.15) is 0 Å². The van der Waals surface area contributed by atoms with Crippen LogP contribution < -0.4 is 4.31 Å². The summed E-state index contributed by atoms with van der Waals surface area (Å²) in [7, 11) is -3.71. The van der Waals surface area contributed by atoms with Gasteiger partial charge < -0.3 is 0 Å². The minimum Gasteiger partial charge on any atom is -0.262 e. The SMILES string of the molecule is CC(C)c1cc(C(C)C)cc(N2Cc3c(F)cccc3S2(=O)=O)c1. The van der Waals surface area contributed by atoms with Gasteiger partial charge in [0.15, 0.2) is 0 Å². The molecule has 0 radical (unpaired) electrons. The predicted octanol–water partition coefficient (Wildman–Crippen LogP) is 4.78. The predicted molar refractivity (Wildman–Crippen MR) is 94.4 cm³/mol. The highest BCUT2D eigenvalue weighted by Crippen LogP contribution is 2.38. The molecule has 3 rings (SSSR count). The average Bonchev–Trinajstić information content (AvgIpc) is 2.79. The first-order valence-corrected chi connectivity index (χ1v) is 9.61. The second-order valence-corrected chi connectivity index (χ2v) is 8.73. The van der Waals surface area contributed by atoms with Crippen molar-refractivity contribution in [3.8, 4) is 0 Å². The molecule has 2 aromatic carbocycles. The summed E-state index contributed by atoms with van der Waals surface area (Å²) >= 11 is 0. The molecule has 0 atom stereocenters. The van der Waals surface area contributed by atoms with Gasteiger partial charge in [-0.15, -0.1) is 0 Å². The van der Waals surface area contributed by atoms with E-state index in [-0.39, 0.29) is 28.8 Å². The molecule has 0 saturated heterocycles. The number of fused-ring (bicyclic) bond motifs is 1. The van der Waals surface area contributed by atoms with Crippen LogP contribution in [0.1, 0.15) is 56.2 Å². The Labute approximate surface area is 143 Å². The van der Waals surface area contributed by atoms with Crippen LogP contribution >= 0.6 is 0 Å². The van der Waals surface area contributed by atoms with E-state index in [2.05, 4.69) is 33.8 Å². The summed E-state index contributed by atoms with van der Waals surface area (Å²) in [5.41, 5.74) is 3.03. The quantitative estimate of drug-likeness (QED) is 0.801. The maximum atomic E-state index is 14.0. The van der Waals surface area contributed by atoms with Crippen LogP contribution in [0.3, 0.4) is 0 Å². The fraction of sp³-hybridized carbons (Fsp3) is 0.368. The fourth-order valence-electron chi connectivity index (χ4n) is 2.98. The van der Waals surface area contributed by atoms with E-state index in [0.29, 0.717) is 5.69 Å². The van der Waals surface area contributed by atoms with Crippen molar-refractivity contribution in [3.05, 3.63) is 58.9 Å². The number of anilines is 1. The lowest BCUT2D eigenvalue weighted by molar-refractivity contribution is 0.595. The van der Waals surface area contributed by atoms with Gasteiger partial charge in [-0.3, -0.25) is 4.31 Å². The summed E-state index contributed by atoms with van der Waals surface area (Å²) in [6, 6.07) is 10.1. The fourth-order valence-corrected chi connectivity index (χ4v) is 4.62. The zero-order chi connectivity index (χ0) is 17.6. The highest BCUT2D eigenvalue weighted by atomic mass is 32.2. The molecule has 0 spiro atoms. The van der Waals surface area contributed by atoms with Gasteiger partial charge in [0.25, 0.3) is 10.0 Å². The lowest BCUT2D eigenvalue weighted by Crippen LogP contribution is -2.24. The Bertz CT molecular complexity index is 862. The number of halogens is 1. The highest BCUT2D eigenvalue weighted by Gasteiger charge is 2.36. The molecule has 128 valence electrons. The van der Waals surface area contributed by atoms with E-state index in [9.17, 15) is 12.8 Å². The third-order valence-electron chi connectivity index (χ3n) is 4.53. The van der Waals surface area contributed by atoms with Crippen molar-refractivity contribution >= 4 is 15.7 Å². The second-order valence-electron chi connectivity index (χ2n) is 6.90. The highest BCUT2D eigenvalue weighted by molar-refractivity contribution is 7.93. The van der Waals surface area contributed by atoms with Crippen molar-refractivity contribution in [2.24, 2.45) is 0 Å². The van der Waals surface area contributed by atoms with Crippen molar-refractivity contribution < 1.29 is 12.8 Å². The van der Waals surface area contributed by atoms with Gasteiger partial charge in [0.2, 0.25) is 0 Å². The third-order valence-corrected chi connectivity index (χ3v) is 6.39. The number of hydrogen-bond donors (Lipinski definition) is 0. The van der Waals surface area contributed by atoms with Gasteiger partial charge >= 0.3 is 0 Å². The molecule has 1 heterocycles. The van der Waals surface area contributed by atoms with E-state index >= 15 is 0 Å². The van der Waals surface area contributed by atoms with Gasteiger partial charge in [-0.05, 0) is 47.2 Å². The van der Waals surface area contributed by atoms with Crippen molar-refractivity contribution in [2.75, 3.05) is 4.31 Å². The van der Waals surface area contributed by atoms with E-state index in [0.717, 1.165) is 11.1 Å². The molecule has 0 amide bonds. The van der Waals surface area contributed by atoms with Crippen molar-refractivity contribution in [3.63, 3.8) is 0 Å². The first-order chi connectivity index (χ1) is 11.2. The monoisotopic (exact) mass is 347 g/mol.